The number of nitrogens with zero attached hydrogens (tertiary/aromatic N) is 1. The standard InChI is InChI=1S/C16H15ClF2N2O3S/c1-25(23,24)21(13-5-2-11(17)3-6-13)9-8-16(22)20-15-7-4-12(18)10-14(15)19/h2-7,10H,8-9H2,1H3,(H,20,22). The second kappa shape index (κ2) is 7.79. The van der Waals surface area contributed by atoms with Crippen molar-refractivity contribution in [1.29, 1.82) is 0 Å². The Bertz CT molecular complexity index is 873. The number of hydrogen-bond acceptors (Lipinski definition) is 3. The largest absolute Gasteiger partial charge is 0.324 e. The Labute approximate surface area is 149 Å². The molecule has 134 valence electrons. The van der Waals surface area contributed by atoms with Crippen molar-refractivity contribution >= 4 is 38.9 Å². The first-order chi connectivity index (χ1) is 11.7. The van der Waals surface area contributed by atoms with Gasteiger partial charge in [0.1, 0.15) is 11.6 Å². The minimum Gasteiger partial charge on any atom is -0.324 e. The number of carbonyl (C=O) groups is 1. The monoisotopic (exact) mass is 388 g/mol. The second-order valence-corrected chi connectivity index (χ2v) is 7.58. The molecule has 0 spiro atoms. The first kappa shape index (κ1) is 19.1. The summed E-state index contributed by atoms with van der Waals surface area (Å²) in [7, 11) is -3.63. The number of sulfonamides is 1. The second-order valence-electron chi connectivity index (χ2n) is 5.23. The third kappa shape index (κ3) is 5.40. The molecule has 0 atom stereocenters. The zero-order valence-electron chi connectivity index (χ0n) is 13.2. The highest BCUT2D eigenvalue weighted by atomic mass is 35.5. The van der Waals surface area contributed by atoms with Crippen molar-refractivity contribution in [1.82, 2.24) is 0 Å². The highest BCUT2D eigenvalue weighted by molar-refractivity contribution is 7.92. The van der Waals surface area contributed by atoms with Gasteiger partial charge in [-0.2, -0.15) is 0 Å². The Morgan fingerprint density at radius 1 is 1.16 bits per heavy atom. The zero-order valence-corrected chi connectivity index (χ0v) is 14.7. The minimum atomic E-state index is -3.63. The Morgan fingerprint density at radius 3 is 2.36 bits per heavy atom. The van der Waals surface area contributed by atoms with E-state index < -0.39 is 27.6 Å². The molecule has 0 heterocycles. The van der Waals surface area contributed by atoms with Gasteiger partial charge in [-0.1, -0.05) is 11.6 Å². The van der Waals surface area contributed by atoms with Gasteiger partial charge in [0, 0.05) is 24.1 Å². The van der Waals surface area contributed by atoms with E-state index in [-0.39, 0.29) is 18.7 Å². The lowest BCUT2D eigenvalue weighted by Gasteiger charge is -2.22. The van der Waals surface area contributed by atoms with Crippen LogP contribution >= 0.6 is 11.6 Å². The average molecular weight is 389 g/mol. The Kier molecular flexibility index (Phi) is 5.97. The molecular formula is C16H15ClF2N2O3S. The maximum Gasteiger partial charge on any atom is 0.232 e. The number of anilines is 2. The average Bonchev–Trinajstić information content (AvgIpc) is 2.51. The van der Waals surface area contributed by atoms with Crippen molar-refractivity contribution in [2.45, 2.75) is 6.42 Å². The van der Waals surface area contributed by atoms with Crippen molar-refractivity contribution in [2.24, 2.45) is 0 Å². The van der Waals surface area contributed by atoms with Crippen LogP contribution in [0.25, 0.3) is 0 Å². The molecule has 0 aliphatic rings. The Hall–Kier alpha value is -2.19. The van der Waals surface area contributed by atoms with E-state index in [9.17, 15) is 22.0 Å². The topological polar surface area (TPSA) is 66.5 Å². The summed E-state index contributed by atoms with van der Waals surface area (Å²) in [6, 6.07) is 8.84. The predicted molar refractivity (Wildman–Crippen MR) is 93.2 cm³/mol. The summed E-state index contributed by atoms with van der Waals surface area (Å²) in [5, 5.41) is 2.73. The fourth-order valence-electron chi connectivity index (χ4n) is 2.10. The Morgan fingerprint density at radius 2 is 1.80 bits per heavy atom. The van der Waals surface area contributed by atoms with Crippen LogP contribution in [0.3, 0.4) is 0 Å². The number of carbonyl (C=O) groups excluding carboxylic acids is 1. The van der Waals surface area contributed by atoms with Crippen LogP contribution in [0.4, 0.5) is 20.2 Å². The van der Waals surface area contributed by atoms with Gasteiger partial charge in [-0.15, -0.1) is 0 Å². The molecule has 0 saturated carbocycles. The van der Waals surface area contributed by atoms with Gasteiger partial charge in [-0.3, -0.25) is 9.10 Å². The molecule has 1 amide bonds. The van der Waals surface area contributed by atoms with Crippen LogP contribution < -0.4 is 9.62 Å². The van der Waals surface area contributed by atoms with E-state index in [4.69, 9.17) is 11.6 Å². The summed E-state index contributed by atoms with van der Waals surface area (Å²) in [5.74, 6) is -2.28. The van der Waals surface area contributed by atoms with Crippen molar-refractivity contribution in [3.63, 3.8) is 0 Å². The van der Waals surface area contributed by atoms with Crippen LogP contribution in [-0.2, 0) is 14.8 Å². The molecule has 0 saturated heterocycles. The van der Waals surface area contributed by atoms with Crippen molar-refractivity contribution in [2.75, 3.05) is 22.4 Å². The zero-order chi connectivity index (χ0) is 18.6. The Balaban J connectivity index is 2.07. The molecule has 2 rings (SSSR count). The quantitative estimate of drug-likeness (QED) is 0.824. The van der Waals surface area contributed by atoms with Gasteiger partial charge >= 0.3 is 0 Å². The van der Waals surface area contributed by atoms with E-state index in [1.54, 1.807) is 0 Å². The van der Waals surface area contributed by atoms with Crippen LogP contribution in [0.5, 0.6) is 0 Å². The minimum absolute atomic E-state index is 0.144. The van der Waals surface area contributed by atoms with Gasteiger partial charge in [-0.05, 0) is 36.4 Å². The third-order valence-corrected chi connectivity index (χ3v) is 4.71. The molecule has 2 aromatic carbocycles. The summed E-state index contributed by atoms with van der Waals surface area (Å²) in [4.78, 5) is 12.0. The SMILES string of the molecule is CS(=O)(=O)N(CCC(=O)Nc1ccc(F)cc1F)c1ccc(Cl)cc1. The van der Waals surface area contributed by atoms with Crippen LogP contribution in [0, 0.1) is 11.6 Å². The molecular weight excluding hydrogens is 374 g/mol. The molecule has 2 aromatic rings. The summed E-state index contributed by atoms with van der Waals surface area (Å²) in [6.07, 6.45) is 0.797. The van der Waals surface area contributed by atoms with E-state index in [0.717, 1.165) is 22.7 Å². The van der Waals surface area contributed by atoms with Gasteiger partial charge in [0.05, 0.1) is 17.6 Å². The van der Waals surface area contributed by atoms with Gasteiger partial charge in [0.15, 0.2) is 0 Å². The van der Waals surface area contributed by atoms with E-state index in [1.807, 2.05) is 0 Å². The van der Waals surface area contributed by atoms with Gasteiger partial charge < -0.3 is 5.32 Å². The molecule has 1 N–H and O–H groups in total. The summed E-state index contributed by atoms with van der Waals surface area (Å²) in [5.41, 5.74) is 0.177. The number of rotatable bonds is 6. The van der Waals surface area contributed by atoms with Gasteiger partial charge in [0.2, 0.25) is 15.9 Å². The molecule has 9 heteroatoms. The molecule has 25 heavy (non-hydrogen) atoms. The van der Waals surface area contributed by atoms with Crippen LogP contribution in [0.15, 0.2) is 42.5 Å². The molecule has 0 radical (unpaired) electrons. The van der Waals surface area contributed by atoms with E-state index in [0.29, 0.717) is 16.8 Å². The maximum atomic E-state index is 13.5. The highest BCUT2D eigenvalue weighted by Gasteiger charge is 2.19. The van der Waals surface area contributed by atoms with Crippen LogP contribution in [-0.4, -0.2) is 27.1 Å². The van der Waals surface area contributed by atoms with Crippen LogP contribution in [0.1, 0.15) is 6.42 Å². The number of amides is 1. The molecule has 0 bridgehead atoms. The first-order valence-electron chi connectivity index (χ1n) is 7.15. The fraction of sp³-hybridized carbons (Fsp3) is 0.188. The molecule has 0 aliphatic carbocycles. The number of benzene rings is 2. The number of halogens is 3. The summed E-state index contributed by atoms with van der Waals surface area (Å²) < 4.78 is 51.3. The first-order valence-corrected chi connectivity index (χ1v) is 9.37. The lowest BCUT2D eigenvalue weighted by Crippen LogP contribution is -2.33. The van der Waals surface area contributed by atoms with Crippen molar-refractivity contribution < 1.29 is 22.0 Å². The molecule has 0 aliphatic heterocycles. The molecule has 0 unspecified atom stereocenters. The molecule has 0 aromatic heterocycles. The maximum absolute atomic E-state index is 13.5. The highest BCUT2D eigenvalue weighted by Crippen LogP contribution is 2.21. The van der Waals surface area contributed by atoms with Crippen molar-refractivity contribution in [3.05, 3.63) is 59.1 Å². The fourth-order valence-corrected chi connectivity index (χ4v) is 3.15. The predicted octanol–water partition coefficient (Wildman–Crippen LogP) is 3.41. The lowest BCUT2D eigenvalue weighted by atomic mass is 10.2. The van der Waals surface area contributed by atoms with E-state index in [1.165, 1.54) is 24.3 Å². The normalized spacial score (nSPS) is 11.2. The number of hydrogen-bond donors (Lipinski definition) is 1. The van der Waals surface area contributed by atoms with Crippen LogP contribution in [0.2, 0.25) is 5.02 Å². The molecule has 0 fully saturated rings. The van der Waals surface area contributed by atoms with Gasteiger partial charge in [-0.25, -0.2) is 17.2 Å². The van der Waals surface area contributed by atoms with E-state index >= 15 is 0 Å². The number of nitrogens with one attached hydrogen (secondary N) is 1. The smallest absolute Gasteiger partial charge is 0.232 e. The summed E-state index contributed by atoms with van der Waals surface area (Å²) in [6.45, 7) is -0.144. The van der Waals surface area contributed by atoms with Gasteiger partial charge in [0.25, 0.3) is 0 Å². The molecule has 5 nitrogen and oxygen atoms in total. The third-order valence-electron chi connectivity index (χ3n) is 3.26. The van der Waals surface area contributed by atoms with E-state index in [2.05, 4.69) is 5.32 Å². The van der Waals surface area contributed by atoms with Crippen molar-refractivity contribution in [3.8, 4) is 0 Å². The lowest BCUT2D eigenvalue weighted by molar-refractivity contribution is -0.116. The summed E-state index contributed by atoms with van der Waals surface area (Å²) >= 11 is 5.78.